The maximum atomic E-state index is 12.6. The number of nitrogens with zero attached hydrogens (tertiary/aromatic N) is 3. The molecule has 0 saturated carbocycles. The quantitative estimate of drug-likeness (QED) is 0.875. The van der Waals surface area contributed by atoms with E-state index in [4.69, 9.17) is 0 Å². The topological polar surface area (TPSA) is 86.4 Å². The number of sulfonamides is 1. The van der Waals surface area contributed by atoms with E-state index in [9.17, 15) is 13.2 Å². The number of aromatic amines is 1. The molecule has 3 rings (SSSR count). The van der Waals surface area contributed by atoms with Crippen molar-refractivity contribution in [3.63, 3.8) is 0 Å². The summed E-state index contributed by atoms with van der Waals surface area (Å²) in [5, 5.41) is 6.99. The number of rotatable bonds is 5. The van der Waals surface area contributed by atoms with E-state index >= 15 is 0 Å². The summed E-state index contributed by atoms with van der Waals surface area (Å²) in [6, 6.07) is 11.4. The molecule has 1 aromatic heterocycles. The number of hydrogen-bond acceptors (Lipinski definition) is 4. The van der Waals surface area contributed by atoms with E-state index in [0.717, 1.165) is 5.56 Å². The highest BCUT2D eigenvalue weighted by atomic mass is 32.2. The zero-order valence-electron chi connectivity index (χ0n) is 14.2. The normalized spacial score (nSPS) is 16.1. The maximum absolute atomic E-state index is 12.6. The third kappa shape index (κ3) is 3.91. The summed E-state index contributed by atoms with van der Waals surface area (Å²) in [6.45, 7) is 3.31. The third-order valence-electron chi connectivity index (χ3n) is 4.26. The lowest BCUT2D eigenvalue weighted by atomic mass is 10.1. The molecular weight excluding hydrogens is 340 g/mol. The van der Waals surface area contributed by atoms with Gasteiger partial charge in [-0.05, 0) is 12.5 Å². The zero-order valence-corrected chi connectivity index (χ0v) is 15.0. The number of aromatic nitrogens is 2. The molecule has 1 N–H and O–H groups in total. The summed E-state index contributed by atoms with van der Waals surface area (Å²) in [7, 11) is -3.20. The van der Waals surface area contributed by atoms with Gasteiger partial charge < -0.3 is 4.90 Å². The van der Waals surface area contributed by atoms with Crippen LogP contribution in [0.4, 0.5) is 0 Å². The number of piperazine rings is 1. The van der Waals surface area contributed by atoms with Crippen molar-refractivity contribution in [2.45, 2.75) is 13.3 Å². The molecule has 1 amide bonds. The zero-order chi connectivity index (χ0) is 17.9. The Morgan fingerprint density at radius 3 is 2.48 bits per heavy atom. The van der Waals surface area contributed by atoms with Crippen molar-refractivity contribution in [3.05, 3.63) is 42.1 Å². The Kier molecular flexibility index (Phi) is 5.19. The summed E-state index contributed by atoms with van der Waals surface area (Å²) >= 11 is 0. The van der Waals surface area contributed by atoms with Crippen LogP contribution in [0.15, 0.2) is 36.4 Å². The fourth-order valence-electron chi connectivity index (χ4n) is 2.91. The van der Waals surface area contributed by atoms with E-state index in [0.29, 0.717) is 44.0 Å². The Morgan fingerprint density at radius 1 is 1.16 bits per heavy atom. The number of benzene rings is 1. The van der Waals surface area contributed by atoms with Gasteiger partial charge >= 0.3 is 0 Å². The van der Waals surface area contributed by atoms with Crippen LogP contribution in [0.2, 0.25) is 0 Å². The summed E-state index contributed by atoms with van der Waals surface area (Å²) in [5.74, 6) is 0.00397. The van der Waals surface area contributed by atoms with Crippen LogP contribution in [0, 0.1) is 0 Å². The van der Waals surface area contributed by atoms with Crippen molar-refractivity contribution in [2.75, 3.05) is 31.9 Å². The molecule has 0 bridgehead atoms. The fourth-order valence-corrected chi connectivity index (χ4v) is 4.41. The number of carbonyl (C=O) groups is 1. The van der Waals surface area contributed by atoms with E-state index in [1.54, 1.807) is 11.0 Å². The third-order valence-corrected chi connectivity index (χ3v) is 6.34. The van der Waals surface area contributed by atoms with Gasteiger partial charge in [0.15, 0.2) is 0 Å². The van der Waals surface area contributed by atoms with Crippen molar-refractivity contribution in [1.82, 2.24) is 19.4 Å². The van der Waals surface area contributed by atoms with Gasteiger partial charge in [0, 0.05) is 31.7 Å². The van der Waals surface area contributed by atoms with Gasteiger partial charge in [0.1, 0.15) is 5.69 Å². The molecule has 0 atom stereocenters. The minimum Gasteiger partial charge on any atom is -0.335 e. The second-order valence-corrected chi connectivity index (χ2v) is 8.13. The molecule has 134 valence electrons. The van der Waals surface area contributed by atoms with Gasteiger partial charge in [0.05, 0.1) is 11.4 Å². The van der Waals surface area contributed by atoms with Crippen LogP contribution in [0.3, 0.4) is 0 Å². The molecule has 1 fully saturated rings. The van der Waals surface area contributed by atoms with Gasteiger partial charge in [-0.2, -0.15) is 9.40 Å². The van der Waals surface area contributed by atoms with Gasteiger partial charge in [-0.25, -0.2) is 8.42 Å². The molecular formula is C17H22N4O3S. The van der Waals surface area contributed by atoms with Crippen molar-refractivity contribution in [1.29, 1.82) is 0 Å². The average Bonchev–Trinajstić information content (AvgIpc) is 3.12. The summed E-state index contributed by atoms with van der Waals surface area (Å²) in [6.07, 6.45) is 0.595. The van der Waals surface area contributed by atoms with Crippen LogP contribution >= 0.6 is 0 Å². The van der Waals surface area contributed by atoms with Gasteiger partial charge in [-0.15, -0.1) is 0 Å². The molecule has 1 saturated heterocycles. The van der Waals surface area contributed by atoms with Crippen LogP contribution in [0.25, 0.3) is 11.3 Å². The summed E-state index contributed by atoms with van der Waals surface area (Å²) in [4.78, 5) is 14.3. The minimum absolute atomic E-state index is 0.151. The number of hydrogen-bond donors (Lipinski definition) is 1. The monoisotopic (exact) mass is 362 g/mol. The summed E-state index contributed by atoms with van der Waals surface area (Å²) in [5.41, 5.74) is 2.07. The molecule has 1 aromatic carbocycles. The van der Waals surface area contributed by atoms with Crippen molar-refractivity contribution in [3.8, 4) is 11.3 Å². The fraction of sp³-hybridized carbons (Fsp3) is 0.412. The molecule has 2 heterocycles. The van der Waals surface area contributed by atoms with Crippen molar-refractivity contribution < 1.29 is 13.2 Å². The Hall–Kier alpha value is -2.19. The van der Waals surface area contributed by atoms with E-state index in [1.807, 2.05) is 37.3 Å². The van der Waals surface area contributed by atoms with Gasteiger partial charge in [0.2, 0.25) is 10.0 Å². The van der Waals surface area contributed by atoms with Crippen LogP contribution in [0.5, 0.6) is 0 Å². The van der Waals surface area contributed by atoms with Gasteiger partial charge in [-0.1, -0.05) is 37.3 Å². The van der Waals surface area contributed by atoms with Crippen molar-refractivity contribution >= 4 is 15.9 Å². The maximum Gasteiger partial charge on any atom is 0.271 e. The van der Waals surface area contributed by atoms with E-state index in [-0.39, 0.29) is 11.7 Å². The van der Waals surface area contributed by atoms with E-state index < -0.39 is 10.0 Å². The lowest BCUT2D eigenvalue weighted by Gasteiger charge is -2.33. The highest BCUT2D eigenvalue weighted by molar-refractivity contribution is 7.89. The Balaban J connectivity index is 1.65. The molecule has 0 aliphatic carbocycles. The van der Waals surface area contributed by atoms with Gasteiger partial charge in [-0.3, -0.25) is 9.89 Å². The molecule has 25 heavy (non-hydrogen) atoms. The SMILES string of the molecule is CCCS(=O)(=O)N1CCN(C(=O)c2cc(-c3ccccc3)n[nH]2)CC1. The Labute approximate surface area is 147 Å². The highest BCUT2D eigenvalue weighted by Gasteiger charge is 2.29. The van der Waals surface area contributed by atoms with Crippen LogP contribution in [0.1, 0.15) is 23.8 Å². The first-order valence-electron chi connectivity index (χ1n) is 8.39. The predicted octanol–water partition coefficient (Wildman–Crippen LogP) is 1.57. The molecule has 8 heteroatoms. The van der Waals surface area contributed by atoms with Crippen LogP contribution in [-0.2, 0) is 10.0 Å². The van der Waals surface area contributed by atoms with Gasteiger partial charge in [0.25, 0.3) is 5.91 Å². The number of amides is 1. The van der Waals surface area contributed by atoms with Crippen LogP contribution < -0.4 is 0 Å². The molecule has 2 aromatic rings. The average molecular weight is 362 g/mol. The Bertz CT molecular complexity index is 825. The minimum atomic E-state index is -3.20. The second kappa shape index (κ2) is 7.37. The summed E-state index contributed by atoms with van der Waals surface area (Å²) < 4.78 is 25.7. The molecule has 0 spiro atoms. The lowest BCUT2D eigenvalue weighted by Crippen LogP contribution is -2.51. The molecule has 7 nitrogen and oxygen atoms in total. The Morgan fingerprint density at radius 2 is 1.84 bits per heavy atom. The first-order valence-corrected chi connectivity index (χ1v) is 10.00. The molecule has 1 aliphatic rings. The smallest absolute Gasteiger partial charge is 0.271 e. The molecule has 0 unspecified atom stereocenters. The molecule has 1 aliphatic heterocycles. The second-order valence-electron chi connectivity index (χ2n) is 6.04. The largest absolute Gasteiger partial charge is 0.335 e. The number of H-pyrrole nitrogens is 1. The first kappa shape index (κ1) is 17.6. The predicted molar refractivity (Wildman–Crippen MR) is 95.6 cm³/mol. The standard InChI is InChI=1S/C17H22N4O3S/c1-2-12-25(23,24)21-10-8-20(9-11-21)17(22)16-13-15(18-19-16)14-6-4-3-5-7-14/h3-7,13H,2,8-12H2,1H3,(H,18,19). The number of carbonyl (C=O) groups excluding carboxylic acids is 1. The first-order chi connectivity index (χ1) is 12.0. The van der Waals surface area contributed by atoms with E-state index in [1.165, 1.54) is 4.31 Å². The highest BCUT2D eigenvalue weighted by Crippen LogP contribution is 2.18. The van der Waals surface area contributed by atoms with Crippen molar-refractivity contribution in [2.24, 2.45) is 0 Å². The molecule has 0 radical (unpaired) electrons. The van der Waals surface area contributed by atoms with E-state index in [2.05, 4.69) is 10.2 Å². The lowest BCUT2D eigenvalue weighted by molar-refractivity contribution is 0.0692. The number of nitrogens with one attached hydrogen (secondary N) is 1. The van der Waals surface area contributed by atoms with Crippen LogP contribution in [-0.4, -0.2) is 65.7 Å².